The van der Waals surface area contributed by atoms with Gasteiger partial charge in [-0.05, 0) is 26.0 Å². The second-order valence-corrected chi connectivity index (χ2v) is 6.58. The zero-order valence-electron chi connectivity index (χ0n) is 13.0. The van der Waals surface area contributed by atoms with Crippen molar-refractivity contribution < 1.29 is 9.59 Å². The maximum absolute atomic E-state index is 13.0. The van der Waals surface area contributed by atoms with E-state index >= 15 is 0 Å². The van der Waals surface area contributed by atoms with E-state index in [0.717, 1.165) is 0 Å². The molecule has 1 aliphatic heterocycles. The lowest BCUT2D eigenvalue weighted by Gasteiger charge is -2.20. The number of carbonyl (C=O) groups is 2. The number of para-hydroxylation sites is 1. The van der Waals surface area contributed by atoms with Crippen molar-refractivity contribution in [3.05, 3.63) is 53.1 Å². The van der Waals surface area contributed by atoms with Crippen molar-refractivity contribution in [2.45, 2.75) is 13.8 Å². The highest BCUT2D eigenvalue weighted by Gasteiger charge is 2.62. The van der Waals surface area contributed by atoms with Gasteiger partial charge in [-0.15, -0.1) is 0 Å². The normalized spacial score (nSPS) is 30.8. The van der Waals surface area contributed by atoms with Crippen LogP contribution in [0.1, 0.15) is 19.4 Å². The Morgan fingerprint density at radius 1 is 1.04 bits per heavy atom. The van der Waals surface area contributed by atoms with Gasteiger partial charge in [0.1, 0.15) is 6.07 Å². The van der Waals surface area contributed by atoms with Crippen molar-refractivity contribution in [3.63, 3.8) is 0 Å². The molecule has 0 unspecified atom stereocenters. The molecule has 2 bridgehead atoms. The Hall–Kier alpha value is -2.67. The summed E-state index contributed by atoms with van der Waals surface area (Å²) in [4.78, 5) is 27.2. The van der Waals surface area contributed by atoms with E-state index in [4.69, 9.17) is 0 Å². The van der Waals surface area contributed by atoms with Crippen LogP contribution in [0.2, 0.25) is 0 Å². The molecular formula is C19H16N2O2. The fourth-order valence-electron chi connectivity index (χ4n) is 4.43. The molecule has 4 heteroatoms. The van der Waals surface area contributed by atoms with E-state index in [1.165, 1.54) is 16.0 Å². The summed E-state index contributed by atoms with van der Waals surface area (Å²) in [5.74, 6) is -0.892. The van der Waals surface area contributed by atoms with Crippen molar-refractivity contribution in [2.75, 3.05) is 4.90 Å². The largest absolute Gasteiger partial charge is 0.274 e. The number of carbonyl (C=O) groups excluding carboxylic acids is 2. The first-order valence-electron chi connectivity index (χ1n) is 7.78. The summed E-state index contributed by atoms with van der Waals surface area (Å²) in [6.07, 6.45) is 4.14. The molecule has 1 aromatic carbocycles. The summed E-state index contributed by atoms with van der Waals surface area (Å²) in [5.41, 5.74) is 3.20. The fourth-order valence-corrected chi connectivity index (χ4v) is 4.43. The Balaban J connectivity index is 1.81. The summed E-state index contributed by atoms with van der Waals surface area (Å²) in [6, 6.07) is 8.87. The molecule has 2 amide bonds. The summed E-state index contributed by atoms with van der Waals surface area (Å²) in [6.45, 7) is 4.09. The number of rotatable bonds is 1. The van der Waals surface area contributed by atoms with Gasteiger partial charge in [0, 0.05) is 11.8 Å². The lowest BCUT2D eigenvalue weighted by Crippen LogP contribution is -2.33. The van der Waals surface area contributed by atoms with E-state index < -0.39 is 0 Å². The summed E-state index contributed by atoms with van der Waals surface area (Å²) < 4.78 is 0. The highest BCUT2D eigenvalue weighted by Crippen LogP contribution is 2.57. The van der Waals surface area contributed by atoms with E-state index in [0.29, 0.717) is 11.3 Å². The number of nitriles is 1. The smallest absolute Gasteiger partial charge is 0.238 e. The maximum atomic E-state index is 13.0. The Bertz CT molecular complexity index is 805. The number of hydrogen-bond donors (Lipinski definition) is 0. The molecule has 2 fully saturated rings. The van der Waals surface area contributed by atoms with Crippen LogP contribution in [0.4, 0.5) is 5.69 Å². The minimum absolute atomic E-state index is 0.0331. The third-order valence-electron chi connectivity index (χ3n) is 5.26. The van der Waals surface area contributed by atoms with Gasteiger partial charge in [-0.25, -0.2) is 4.90 Å². The standard InChI is InChI=1S/C19H16N2O2/c1-10(2)15-12-7-8-13(15)17-16(12)18(22)21(19(17)23)14-6-4-3-5-11(14)9-20/h3-8,12-13,16-17H,1-2H3/t12-,13+,16-,17-/m0/s1. The molecule has 1 saturated carbocycles. The van der Waals surface area contributed by atoms with E-state index in [2.05, 4.69) is 18.2 Å². The molecular weight excluding hydrogens is 288 g/mol. The monoisotopic (exact) mass is 304 g/mol. The van der Waals surface area contributed by atoms with E-state index in [1.54, 1.807) is 24.3 Å². The lowest BCUT2D eigenvalue weighted by atomic mass is 9.85. The molecule has 4 atom stereocenters. The number of amides is 2. The molecule has 0 aromatic heterocycles. The van der Waals surface area contributed by atoms with Crippen LogP contribution in [0.3, 0.4) is 0 Å². The Labute approximate surface area is 134 Å². The van der Waals surface area contributed by atoms with Crippen LogP contribution in [0.5, 0.6) is 0 Å². The molecule has 3 aliphatic rings. The number of allylic oxidation sites excluding steroid dienone is 4. The fraction of sp³-hybridized carbons (Fsp3) is 0.316. The van der Waals surface area contributed by atoms with Crippen molar-refractivity contribution in [2.24, 2.45) is 23.7 Å². The Morgan fingerprint density at radius 3 is 2.13 bits per heavy atom. The van der Waals surface area contributed by atoms with Gasteiger partial charge in [0.25, 0.3) is 0 Å². The van der Waals surface area contributed by atoms with Gasteiger partial charge in [-0.3, -0.25) is 9.59 Å². The quantitative estimate of drug-likeness (QED) is 0.592. The predicted molar refractivity (Wildman–Crippen MR) is 85.1 cm³/mol. The van der Waals surface area contributed by atoms with Gasteiger partial charge in [-0.2, -0.15) is 5.26 Å². The lowest BCUT2D eigenvalue weighted by molar-refractivity contribution is -0.122. The van der Waals surface area contributed by atoms with Crippen LogP contribution < -0.4 is 4.90 Å². The number of imide groups is 1. The first-order valence-corrected chi connectivity index (χ1v) is 7.78. The number of hydrogen-bond acceptors (Lipinski definition) is 3. The van der Waals surface area contributed by atoms with Gasteiger partial charge >= 0.3 is 0 Å². The molecule has 1 heterocycles. The van der Waals surface area contributed by atoms with Crippen molar-refractivity contribution in [3.8, 4) is 6.07 Å². The Kier molecular flexibility index (Phi) is 2.83. The first-order chi connectivity index (χ1) is 11.1. The third kappa shape index (κ3) is 1.65. The number of anilines is 1. The SMILES string of the molecule is CC(C)=C1[C@H]2C=C[C@@H]1[C@@H]1C(=O)N(c3ccccc3C#N)C(=O)[C@H]12. The zero-order chi connectivity index (χ0) is 16.3. The summed E-state index contributed by atoms with van der Waals surface area (Å²) >= 11 is 0. The molecule has 23 heavy (non-hydrogen) atoms. The number of fused-ring (bicyclic) bond motifs is 5. The van der Waals surface area contributed by atoms with Gasteiger partial charge < -0.3 is 0 Å². The topological polar surface area (TPSA) is 61.2 Å². The molecule has 0 spiro atoms. The van der Waals surface area contributed by atoms with E-state index in [-0.39, 0.29) is 35.5 Å². The van der Waals surface area contributed by atoms with Gasteiger partial charge in [0.2, 0.25) is 11.8 Å². The van der Waals surface area contributed by atoms with Crippen LogP contribution >= 0.6 is 0 Å². The van der Waals surface area contributed by atoms with Crippen molar-refractivity contribution in [1.29, 1.82) is 5.26 Å². The molecule has 4 nitrogen and oxygen atoms in total. The number of nitrogens with zero attached hydrogens (tertiary/aromatic N) is 2. The zero-order valence-corrected chi connectivity index (χ0v) is 13.0. The second-order valence-electron chi connectivity index (χ2n) is 6.58. The molecule has 0 radical (unpaired) electrons. The average Bonchev–Trinajstić information content (AvgIpc) is 3.18. The summed E-state index contributed by atoms with van der Waals surface area (Å²) in [5, 5.41) is 9.27. The predicted octanol–water partition coefficient (Wildman–Crippen LogP) is 2.82. The van der Waals surface area contributed by atoms with E-state index in [1.807, 2.05) is 13.8 Å². The van der Waals surface area contributed by atoms with Crippen LogP contribution in [0.15, 0.2) is 47.6 Å². The van der Waals surface area contributed by atoms with Crippen LogP contribution in [0, 0.1) is 35.0 Å². The Morgan fingerprint density at radius 2 is 1.61 bits per heavy atom. The summed E-state index contributed by atoms with van der Waals surface area (Å²) in [7, 11) is 0. The van der Waals surface area contributed by atoms with Crippen molar-refractivity contribution in [1.82, 2.24) is 0 Å². The molecule has 0 N–H and O–H groups in total. The first kappa shape index (κ1) is 14.0. The molecule has 2 aliphatic carbocycles. The minimum atomic E-state index is -0.311. The highest BCUT2D eigenvalue weighted by atomic mass is 16.2. The van der Waals surface area contributed by atoms with Gasteiger partial charge in [0.15, 0.2) is 0 Å². The van der Waals surface area contributed by atoms with Crippen LogP contribution in [-0.4, -0.2) is 11.8 Å². The maximum Gasteiger partial charge on any atom is 0.238 e. The van der Waals surface area contributed by atoms with Crippen molar-refractivity contribution >= 4 is 17.5 Å². The third-order valence-corrected chi connectivity index (χ3v) is 5.26. The second kappa shape index (κ2) is 4.66. The van der Waals surface area contributed by atoms with Crippen LogP contribution in [-0.2, 0) is 9.59 Å². The highest BCUT2D eigenvalue weighted by molar-refractivity contribution is 6.23. The van der Waals surface area contributed by atoms with Gasteiger partial charge in [-0.1, -0.05) is 35.4 Å². The molecule has 1 aromatic rings. The van der Waals surface area contributed by atoms with Crippen LogP contribution in [0.25, 0.3) is 0 Å². The van der Waals surface area contributed by atoms with E-state index in [9.17, 15) is 14.9 Å². The minimum Gasteiger partial charge on any atom is -0.274 e. The average molecular weight is 304 g/mol. The molecule has 114 valence electrons. The number of benzene rings is 1. The van der Waals surface area contributed by atoms with Gasteiger partial charge in [0.05, 0.1) is 23.1 Å². The molecule has 4 rings (SSSR count). The molecule has 1 saturated heterocycles.